The number of nitrogens with one attached hydrogen (secondary N) is 1. The SMILES string of the molecule is Cc1nn(C)c(C)c1CCC(=O)NC(C)c1ccc(-n2cncn2)cc1. The van der Waals surface area contributed by atoms with Gasteiger partial charge in [-0.2, -0.15) is 10.2 Å². The van der Waals surface area contributed by atoms with Gasteiger partial charge in [-0.3, -0.25) is 9.48 Å². The second-order valence-electron chi connectivity index (χ2n) is 6.49. The minimum Gasteiger partial charge on any atom is -0.350 e. The van der Waals surface area contributed by atoms with Gasteiger partial charge in [-0.1, -0.05) is 12.1 Å². The Morgan fingerprint density at radius 2 is 1.96 bits per heavy atom. The van der Waals surface area contributed by atoms with Crippen LogP contribution in [-0.2, 0) is 18.3 Å². The van der Waals surface area contributed by atoms with Gasteiger partial charge in [-0.15, -0.1) is 0 Å². The molecule has 136 valence electrons. The van der Waals surface area contributed by atoms with Gasteiger partial charge in [0, 0.05) is 19.2 Å². The number of hydrogen-bond acceptors (Lipinski definition) is 4. The number of benzene rings is 1. The number of amides is 1. The summed E-state index contributed by atoms with van der Waals surface area (Å²) >= 11 is 0. The van der Waals surface area contributed by atoms with Gasteiger partial charge in [0.05, 0.1) is 17.4 Å². The molecule has 0 radical (unpaired) electrons. The molecule has 26 heavy (non-hydrogen) atoms. The van der Waals surface area contributed by atoms with Crippen LogP contribution in [0.1, 0.15) is 41.9 Å². The normalized spacial score (nSPS) is 12.2. The van der Waals surface area contributed by atoms with Crippen LogP contribution in [0.5, 0.6) is 0 Å². The van der Waals surface area contributed by atoms with Crippen molar-refractivity contribution >= 4 is 5.91 Å². The molecule has 3 rings (SSSR count). The number of aromatic nitrogens is 5. The van der Waals surface area contributed by atoms with E-state index in [2.05, 4.69) is 20.5 Å². The van der Waals surface area contributed by atoms with Crippen LogP contribution in [0.25, 0.3) is 5.69 Å². The number of aryl methyl sites for hydroxylation is 2. The van der Waals surface area contributed by atoms with Crippen molar-refractivity contribution in [2.45, 2.75) is 39.7 Å². The van der Waals surface area contributed by atoms with E-state index in [-0.39, 0.29) is 11.9 Å². The molecular formula is C19H24N6O. The van der Waals surface area contributed by atoms with Crippen molar-refractivity contribution in [1.29, 1.82) is 0 Å². The third-order valence-electron chi connectivity index (χ3n) is 4.71. The van der Waals surface area contributed by atoms with E-state index in [0.717, 1.165) is 28.2 Å². The zero-order chi connectivity index (χ0) is 18.7. The van der Waals surface area contributed by atoms with E-state index in [0.29, 0.717) is 12.8 Å². The first-order chi connectivity index (χ1) is 12.5. The van der Waals surface area contributed by atoms with Gasteiger partial charge in [-0.25, -0.2) is 9.67 Å². The summed E-state index contributed by atoms with van der Waals surface area (Å²) in [6.45, 7) is 6.01. The van der Waals surface area contributed by atoms with E-state index in [1.807, 2.05) is 56.8 Å². The molecule has 1 atom stereocenters. The van der Waals surface area contributed by atoms with E-state index in [4.69, 9.17) is 0 Å². The molecule has 0 aliphatic heterocycles. The lowest BCUT2D eigenvalue weighted by molar-refractivity contribution is -0.121. The third kappa shape index (κ3) is 3.82. The van der Waals surface area contributed by atoms with Crippen molar-refractivity contribution in [3.8, 4) is 5.69 Å². The van der Waals surface area contributed by atoms with Gasteiger partial charge in [0.15, 0.2) is 0 Å². The fourth-order valence-electron chi connectivity index (χ4n) is 3.07. The summed E-state index contributed by atoms with van der Waals surface area (Å²) < 4.78 is 3.56. The number of nitrogens with zero attached hydrogens (tertiary/aromatic N) is 5. The van der Waals surface area contributed by atoms with Gasteiger partial charge < -0.3 is 5.32 Å². The van der Waals surface area contributed by atoms with Gasteiger partial charge in [0.25, 0.3) is 0 Å². The lowest BCUT2D eigenvalue weighted by atomic mass is 10.1. The zero-order valence-electron chi connectivity index (χ0n) is 15.6. The van der Waals surface area contributed by atoms with E-state index in [9.17, 15) is 4.79 Å². The summed E-state index contributed by atoms with van der Waals surface area (Å²) in [5.74, 6) is 0.0421. The molecule has 1 aromatic carbocycles. The summed E-state index contributed by atoms with van der Waals surface area (Å²) in [5.41, 5.74) is 5.26. The van der Waals surface area contributed by atoms with Crippen molar-refractivity contribution in [2.75, 3.05) is 0 Å². The maximum absolute atomic E-state index is 12.3. The Morgan fingerprint density at radius 1 is 1.23 bits per heavy atom. The van der Waals surface area contributed by atoms with Crippen molar-refractivity contribution in [2.24, 2.45) is 7.05 Å². The predicted octanol–water partition coefficient (Wildman–Crippen LogP) is 2.43. The number of carbonyl (C=O) groups excluding carboxylic acids is 1. The highest BCUT2D eigenvalue weighted by molar-refractivity contribution is 5.76. The molecule has 1 unspecified atom stereocenters. The molecule has 1 amide bonds. The molecule has 7 nitrogen and oxygen atoms in total. The van der Waals surface area contributed by atoms with Crippen molar-refractivity contribution in [3.63, 3.8) is 0 Å². The van der Waals surface area contributed by atoms with Crippen LogP contribution >= 0.6 is 0 Å². The third-order valence-corrected chi connectivity index (χ3v) is 4.71. The van der Waals surface area contributed by atoms with E-state index in [1.54, 1.807) is 11.0 Å². The first-order valence-electron chi connectivity index (χ1n) is 8.69. The van der Waals surface area contributed by atoms with Crippen LogP contribution in [0.2, 0.25) is 0 Å². The summed E-state index contributed by atoms with van der Waals surface area (Å²) in [6.07, 6.45) is 4.31. The molecule has 7 heteroatoms. The highest BCUT2D eigenvalue weighted by Gasteiger charge is 2.13. The maximum atomic E-state index is 12.3. The Hall–Kier alpha value is -2.96. The van der Waals surface area contributed by atoms with Gasteiger partial charge in [0.2, 0.25) is 5.91 Å². The summed E-state index contributed by atoms with van der Waals surface area (Å²) in [5, 5.41) is 11.6. The maximum Gasteiger partial charge on any atom is 0.220 e. The molecule has 0 aliphatic carbocycles. The van der Waals surface area contributed by atoms with E-state index >= 15 is 0 Å². The monoisotopic (exact) mass is 352 g/mol. The van der Waals surface area contributed by atoms with Crippen LogP contribution in [-0.4, -0.2) is 30.5 Å². The molecule has 3 aromatic rings. The molecule has 0 spiro atoms. The first kappa shape index (κ1) is 17.8. The van der Waals surface area contributed by atoms with Gasteiger partial charge in [0.1, 0.15) is 12.7 Å². The molecule has 0 fully saturated rings. The molecular weight excluding hydrogens is 328 g/mol. The first-order valence-corrected chi connectivity index (χ1v) is 8.69. The standard InChI is InChI=1S/C19H24N6O/c1-13(16-5-7-17(8-6-16)25-12-20-11-21-25)22-19(26)10-9-18-14(2)23-24(4)15(18)3/h5-8,11-13H,9-10H2,1-4H3,(H,22,26). The Balaban J connectivity index is 1.57. The molecule has 2 heterocycles. The highest BCUT2D eigenvalue weighted by Crippen LogP contribution is 2.17. The number of rotatable bonds is 6. The van der Waals surface area contributed by atoms with Crippen LogP contribution in [0.4, 0.5) is 0 Å². The molecule has 1 N–H and O–H groups in total. The second kappa shape index (κ2) is 7.51. The average Bonchev–Trinajstić information content (AvgIpc) is 3.23. The zero-order valence-corrected chi connectivity index (χ0v) is 15.6. The van der Waals surface area contributed by atoms with Crippen LogP contribution < -0.4 is 5.32 Å². The Morgan fingerprint density at radius 3 is 2.54 bits per heavy atom. The van der Waals surface area contributed by atoms with Crippen molar-refractivity contribution in [3.05, 3.63) is 59.4 Å². The van der Waals surface area contributed by atoms with Crippen LogP contribution in [0.15, 0.2) is 36.9 Å². The van der Waals surface area contributed by atoms with Gasteiger partial charge in [-0.05, 0) is 50.5 Å². The summed E-state index contributed by atoms with van der Waals surface area (Å²) in [7, 11) is 1.93. The Kier molecular flexibility index (Phi) is 5.16. The topological polar surface area (TPSA) is 77.6 Å². The van der Waals surface area contributed by atoms with E-state index in [1.165, 1.54) is 6.33 Å². The fraction of sp³-hybridized carbons (Fsp3) is 0.368. The van der Waals surface area contributed by atoms with Crippen LogP contribution in [0, 0.1) is 13.8 Å². The fourth-order valence-corrected chi connectivity index (χ4v) is 3.07. The molecule has 0 saturated heterocycles. The molecule has 0 saturated carbocycles. The minimum atomic E-state index is -0.0524. The number of carbonyl (C=O) groups is 1. The van der Waals surface area contributed by atoms with Crippen LogP contribution in [0.3, 0.4) is 0 Å². The quantitative estimate of drug-likeness (QED) is 0.739. The van der Waals surface area contributed by atoms with Gasteiger partial charge >= 0.3 is 0 Å². The summed E-state index contributed by atoms with van der Waals surface area (Å²) in [6, 6.07) is 7.88. The molecule has 2 aromatic heterocycles. The van der Waals surface area contributed by atoms with Crippen molar-refractivity contribution < 1.29 is 4.79 Å². The largest absolute Gasteiger partial charge is 0.350 e. The average molecular weight is 352 g/mol. The predicted molar refractivity (Wildman–Crippen MR) is 98.9 cm³/mol. The lowest BCUT2D eigenvalue weighted by Crippen LogP contribution is -2.26. The van der Waals surface area contributed by atoms with Crippen molar-refractivity contribution in [1.82, 2.24) is 29.9 Å². The number of hydrogen-bond donors (Lipinski definition) is 1. The Labute approximate surface area is 153 Å². The highest BCUT2D eigenvalue weighted by atomic mass is 16.1. The van der Waals surface area contributed by atoms with E-state index < -0.39 is 0 Å². The second-order valence-corrected chi connectivity index (χ2v) is 6.49. The lowest BCUT2D eigenvalue weighted by Gasteiger charge is -2.15. The summed E-state index contributed by atoms with van der Waals surface area (Å²) in [4.78, 5) is 16.3. The molecule has 0 aliphatic rings. The molecule has 0 bridgehead atoms. The Bertz CT molecular complexity index is 880. The minimum absolute atomic E-state index is 0.0421. The smallest absolute Gasteiger partial charge is 0.220 e.